The van der Waals surface area contributed by atoms with Gasteiger partial charge in [0.25, 0.3) is 5.91 Å². The van der Waals surface area contributed by atoms with Crippen molar-refractivity contribution in [3.05, 3.63) is 53.8 Å². The number of carboxylic acids is 1. The monoisotopic (exact) mass is 425 g/mol. The van der Waals surface area contributed by atoms with Crippen molar-refractivity contribution in [3.8, 4) is 11.1 Å². The lowest BCUT2D eigenvalue weighted by Gasteiger charge is -2.25. The summed E-state index contributed by atoms with van der Waals surface area (Å²) in [4.78, 5) is 50.2. The van der Waals surface area contributed by atoms with Crippen LogP contribution in [0, 0.1) is 5.82 Å². The minimum absolute atomic E-state index is 0.208. The van der Waals surface area contributed by atoms with Crippen LogP contribution in [0.2, 0.25) is 0 Å². The first-order valence-electron chi connectivity index (χ1n) is 9.87. The Hall–Kier alpha value is -3.75. The molecule has 1 fully saturated rings. The van der Waals surface area contributed by atoms with Gasteiger partial charge in [-0.3, -0.25) is 19.2 Å². The molecule has 3 amide bonds. The minimum Gasteiger partial charge on any atom is -0.481 e. The Kier molecular flexibility index (Phi) is 5.41. The van der Waals surface area contributed by atoms with Gasteiger partial charge in [0.15, 0.2) is 0 Å². The predicted octanol–water partition coefficient (Wildman–Crippen LogP) is 2.01. The molecule has 2 aliphatic rings. The Morgan fingerprint density at radius 3 is 2.65 bits per heavy atom. The lowest BCUT2D eigenvalue weighted by atomic mass is 10.0. The molecule has 0 radical (unpaired) electrons. The summed E-state index contributed by atoms with van der Waals surface area (Å²) in [6.45, 7) is 0.254. The highest BCUT2D eigenvalue weighted by Crippen LogP contribution is 2.33. The average molecular weight is 425 g/mol. The number of amides is 3. The number of nitrogens with zero attached hydrogens (tertiary/aromatic N) is 1. The summed E-state index contributed by atoms with van der Waals surface area (Å²) in [6.07, 6.45) is -0.159. The molecule has 2 unspecified atom stereocenters. The highest BCUT2D eigenvalue weighted by molar-refractivity contribution is 6.11. The van der Waals surface area contributed by atoms with E-state index < -0.39 is 35.7 Å². The maximum absolute atomic E-state index is 14.2. The zero-order valence-corrected chi connectivity index (χ0v) is 16.4. The van der Waals surface area contributed by atoms with Crippen molar-refractivity contribution >= 4 is 29.4 Å². The third kappa shape index (κ3) is 3.98. The fourth-order valence-electron chi connectivity index (χ4n) is 4.05. The van der Waals surface area contributed by atoms with Gasteiger partial charge in [0, 0.05) is 18.5 Å². The van der Waals surface area contributed by atoms with Gasteiger partial charge in [-0.15, -0.1) is 0 Å². The first-order valence-corrected chi connectivity index (χ1v) is 9.87. The van der Waals surface area contributed by atoms with E-state index in [1.807, 2.05) is 0 Å². The second kappa shape index (κ2) is 8.17. The number of carboxylic acid groups (broad SMARTS) is 1. The molecule has 0 spiro atoms. The molecule has 3 N–H and O–H groups in total. The van der Waals surface area contributed by atoms with E-state index in [1.54, 1.807) is 36.4 Å². The van der Waals surface area contributed by atoms with Crippen molar-refractivity contribution in [2.45, 2.75) is 31.3 Å². The van der Waals surface area contributed by atoms with Crippen molar-refractivity contribution in [2.24, 2.45) is 0 Å². The van der Waals surface area contributed by atoms with Crippen LogP contribution < -0.4 is 10.6 Å². The minimum atomic E-state index is -1.09. The van der Waals surface area contributed by atoms with E-state index in [0.29, 0.717) is 23.2 Å². The molecule has 9 heteroatoms. The van der Waals surface area contributed by atoms with Gasteiger partial charge >= 0.3 is 5.97 Å². The first kappa shape index (κ1) is 20.5. The predicted molar refractivity (Wildman–Crippen MR) is 109 cm³/mol. The van der Waals surface area contributed by atoms with Crippen LogP contribution in [-0.4, -0.2) is 52.3 Å². The van der Waals surface area contributed by atoms with Crippen LogP contribution in [0.5, 0.6) is 0 Å². The van der Waals surface area contributed by atoms with E-state index in [0.717, 1.165) is 0 Å². The molecule has 160 valence electrons. The smallest absolute Gasteiger partial charge is 0.303 e. The molecule has 0 saturated carbocycles. The van der Waals surface area contributed by atoms with Crippen molar-refractivity contribution in [1.29, 1.82) is 0 Å². The van der Waals surface area contributed by atoms with Gasteiger partial charge in [-0.25, -0.2) is 4.39 Å². The molecular weight excluding hydrogens is 405 g/mol. The number of fused-ring (bicyclic) bond motifs is 2. The Morgan fingerprint density at radius 2 is 1.90 bits per heavy atom. The number of benzene rings is 2. The molecule has 8 nitrogen and oxygen atoms in total. The van der Waals surface area contributed by atoms with Crippen LogP contribution >= 0.6 is 0 Å². The largest absolute Gasteiger partial charge is 0.481 e. The van der Waals surface area contributed by atoms with Gasteiger partial charge in [0.1, 0.15) is 11.9 Å². The summed E-state index contributed by atoms with van der Waals surface area (Å²) in [5.41, 5.74) is 1.42. The van der Waals surface area contributed by atoms with E-state index in [-0.39, 0.29) is 30.9 Å². The molecule has 4 rings (SSSR count). The zero-order chi connectivity index (χ0) is 22.1. The topological polar surface area (TPSA) is 116 Å². The quantitative estimate of drug-likeness (QED) is 0.678. The molecule has 2 aromatic rings. The van der Waals surface area contributed by atoms with Crippen LogP contribution in [0.25, 0.3) is 11.1 Å². The van der Waals surface area contributed by atoms with Gasteiger partial charge in [-0.1, -0.05) is 24.3 Å². The number of anilines is 1. The van der Waals surface area contributed by atoms with Crippen LogP contribution in [0.4, 0.5) is 10.1 Å². The van der Waals surface area contributed by atoms with Crippen LogP contribution in [0.3, 0.4) is 0 Å². The SMILES string of the molecule is O=C(O)CCC(=O)NC1CCN2C(=O)c3cc(-c4ccccc4F)ccc3NC(=O)C12. The van der Waals surface area contributed by atoms with Gasteiger partial charge in [-0.2, -0.15) is 0 Å². The number of hydrogen-bond acceptors (Lipinski definition) is 4. The Balaban J connectivity index is 1.60. The lowest BCUT2D eigenvalue weighted by Crippen LogP contribution is -2.51. The second-order valence-corrected chi connectivity index (χ2v) is 7.53. The Morgan fingerprint density at radius 1 is 1.13 bits per heavy atom. The third-order valence-corrected chi connectivity index (χ3v) is 5.53. The van der Waals surface area contributed by atoms with Crippen LogP contribution in [0.15, 0.2) is 42.5 Å². The summed E-state index contributed by atoms with van der Waals surface area (Å²) in [7, 11) is 0. The van der Waals surface area contributed by atoms with E-state index in [1.165, 1.54) is 11.0 Å². The lowest BCUT2D eigenvalue weighted by molar-refractivity contribution is -0.139. The second-order valence-electron chi connectivity index (χ2n) is 7.53. The van der Waals surface area contributed by atoms with Crippen molar-refractivity contribution in [3.63, 3.8) is 0 Å². The summed E-state index contributed by atoms with van der Waals surface area (Å²) >= 11 is 0. The Bertz CT molecular complexity index is 1090. The molecule has 1 saturated heterocycles. The maximum Gasteiger partial charge on any atom is 0.303 e. The standard InChI is InChI=1S/C22H20FN3O5/c23-15-4-2-1-3-13(15)12-5-6-16-14(11-12)22(31)26-10-9-17(20(26)21(30)25-16)24-18(27)7-8-19(28)29/h1-6,11,17,20H,7-10H2,(H,24,27)(H,25,30)(H,28,29). The highest BCUT2D eigenvalue weighted by Gasteiger charge is 2.45. The van der Waals surface area contributed by atoms with E-state index in [4.69, 9.17) is 5.11 Å². The van der Waals surface area contributed by atoms with Gasteiger partial charge in [0.2, 0.25) is 11.8 Å². The third-order valence-electron chi connectivity index (χ3n) is 5.53. The normalized spacial score (nSPS) is 19.8. The maximum atomic E-state index is 14.2. The zero-order valence-electron chi connectivity index (χ0n) is 16.4. The molecule has 2 aromatic carbocycles. The molecule has 0 aliphatic carbocycles. The average Bonchev–Trinajstić information content (AvgIpc) is 3.11. The Labute approximate surface area is 177 Å². The van der Waals surface area contributed by atoms with Crippen molar-refractivity contribution in [2.75, 3.05) is 11.9 Å². The van der Waals surface area contributed by atoms with E-state index >= 15 is 0 Å². The summed E-state index contributed by atoms with van der Waals surface area (Å²) in [6, 6.07) is 9.43. The molecule has 2 aliphatic heterocycles. The molecule has 0 aromatic heterocycles. The number of rotatable bonds is 5. The van der Waals surface area contributed by atoms with Crippen molar-refractivity contribution < 1.29 is 28.7 Å². The number of carbonyl (C=O) groups excluding carboxylic acids is 3. The molecule has 31 heavy (non-hydrogen) atoms. The van der Waals surface area contributed by atoms with Gasteiger partial charge < -0.3 is 20.6 Å². The number of aliphatic carboxylic acids is 1. The van der Waals surface area contributed by atoms with E-state index in [9.17, 15) is 23.6 Å². The number of hydrogen-bond donors (Lipinski definition) is 3. The first-order chi connectivity index (χ1) is 14.8. The van der Waals surface area contributed by atoms with Crippen LogP contribution in [-0.2, 0) is 14.4 Å². The number of carbonyl (C=O) groups is 4. The summed E-state index contributed by atoms with van der Waals surface area (Å²) in [5, 5.41) is 14.1. The summed E-state index contributed by atoms with van der Waals surface area (Å²) < 4.78 is 14.2. The molecule has 2 atom stereocenters. The number of halogens is 1. The summed E-state index contributed by atoms with van der Waals surface area (Å²) in [5.74, 6) is -2.83. The van der Waals surface area contributed by atoms with Crippen molar-refractivity contribution in [1.82, 2.24) is 10.2 Å². The van der Waals surface area contributed by atoms with Gasteiger partial charge in [0.05, 0.1) is 23.7 Å². The van der Waals surface area contributed by atoms with E-state index in [2.05, 4.69) is 10.6 Å². The molecule has 0 bridgehead atoms. The fourth-order valence-corrected chi connectivity index (χ4v) is 4.05. The van der Waals surface area contributed by atoms with Crippen LogP contribution in [0.1, 0.15) is 29.6 Å². The van der Waals surface area contributed by atoms with Gasteiger partial charge in [-0.05, 0) is 30.2 Å². The molecule has 2 heterocycles. The fraction of sp³-hybridized carbons (Fsp3) is 0.273. The molecular formula is C22H20FN3O5. The number of nitrogens with one attached hydrogen (secondary N) is 2. The highest BCUT2D eigenvalue weighted by atomic mass is 19.1.